The molecule has 0 aromatic carbocycles. The van der Waals surface area contributed by atoms with Crippen LogP contribution >= 0.6 is 11.3 Å². The molecule has 0 saturated carbocycles. The first-order chi connectivity index (χ1) is 6.91. The summed E-state index contributed by atoms with van der Waals surface area (Å²) >= 11 is 1.83. The fraction of sp³-hybridized carbons (Fsp3) is 0.538. The Kier molecular flexibility index (Phi) is 2.42. The molecule has 0 radical (unpaired) electrons. The van der Waals surface area contributed by atoms with Gasteiger partial charge in [0.2, 0.25) is 0 Å². The van der Waals surface area contributed by atoms with Gasteiger partial charge in [-0.3, -0.25) is 0 Å². The molecule has 0 atom stereocenters. The molecular formula is C13H18OS. The second-order valence-electron chi connectivity index (χ2n) is 5.22. The predicted molar refractivity (Wildman–Crippen MR) is 66.5 cm³/mol. The molecule has 1 N–H and O–H groups in total. The van der Waals surface area contributed by atoms with E-state index in [1.165, 1.54) is 21.7 Å². The first kappa shape index (κ1) is 10.7. The lowest BCUT2D eigenvalue weighted by Gasteiger charge is -2.30. The van der Waals surface area contributed by atoms with Crippen LogP contribution in [0.4, 0.5) is 0 Å². The molecule has 15 heavy (non-hydrogen) atoms. The van der Waals surface area contributed by atoms with E-state index in [1.54, 1.807) is 0 Å². The average molecular weight is 222 g/mol. The van der Waals surface area contributed by atoms with Gasteiger partial charge in [0.05, 0.1) is 0 Å². The topological polar surface area (TPSA) is 20.2 Å². The van der Waals surface area contributed by atoms with Gasteiger partial charge < -0.3 is 5.11 Å². The molecule has 1 aromatic heterocycles. The molecule has 0 fully saturated rings. The zero-order valence-corrected chi connectivity index (χ0v) is 10.5. The standard InChI is InChI=1S/C13H18OS/c1-8(14)12-9(2)15-11-5-6-13(3,4)7-10(11)12/h14H,1,5-7H2,2-4H3. The molecule has 2 rings (SSSR count). The fourth-order valence-corrected chi connectivity index (χ4v) is 3.65. The van der Waals surface area contributed by atoms with Crippen LogP contribution < -0.4 is 0 Å². The summed E-state index contributed by atoms with van der Waals surface area (Å²) in [7, 11) is 0. The van der Waals surface area contributed by atoms with Gasteiger partial charge in [0.25, 0.3) is 0 Å². The van der Waals surface area contributed by atoms with Gasteiger partial charge in [0.15, 0.2) is 0 Å². The molecule has 1 nitrogen and oxygen atoms in total. The van der Waals surface area contributed by atoms with Crippen LogP contribution in [0.2, 0.25) is 0 Å². The second kappa shape index (κ2) is 3.38. The van der Waals surface area contributed by atoms with E-state index in [2.05, 4.69) is 27.4 Å². The van der Waals surface area contributed by atoms with E-state index in [1.807, 2.05) is 11.3 Å². The molecule has 2 heteroatoms. The Balaban J connectivity index is 2.51. The monoisotopic (exact) mass is 222 g/mol. The maximum Gasteiger partial charge on any atom is 0.117 e. The van der Waals surface area contributed by atoms with Gasteiger partial charge >= 0.3 is 0 Å². The minimum atomic E-state index is 0.239. The number of hydrogen-bond acceptors (Lipinski definition) is 2. The number of rotatable bonds is 1. The Morgan fingerprint density at radius 2 is 2.13 bits per heavy atom. The number of fused-ring (bicyclic) bond motifs is 1. The van der Waals surface area contributed by atoms with E-state index in [-0.39, 0.29) is 5.76 Å². The highest BCUT2D eigenvalue weighted by molar-refractivity contribution is 7.12. The first-order valence-corrected chi connectivity index (χ1v) is 6.22. The van der Waals surface area contributed by atoms with Crippen molar-refractivity contribution in [2.24, 2.45) is 5.41 Å². The highest BCUT2D eigenvalue weighted by atomic mass is 32.1. The van der Waals surface area contributed by atoms with Gasteiger partial charge in [-0.2, -0.15) is 0 Å². The summed E-state index contributed by atoms with van der Waals surface area (Å²) in [6.45, 7) is 10.3. The van der Waals surface area contributed by atoms with Crippen LogP contribution in [-0.4, -0.2) is 5.11 Å². The Hall–Kier alpha value is -0.760. The molecule has 1 aliphatic rings. The van der Waals surface area contributed by atoms with Gasteiger partial charge in [-0.05, 0) is 37.2 Å². The van der Waals surface area contributed by atoms with Gasteiger partial charge in [0.1, 0.15) is 5.76 Å². The van der Waals surface area contributed by atoms with Crippen molar-refractivity contribution in [3.05, 3.63) is 27.5 Å². The van der Waals surface area contributed by atoms with E-state index in [0.29, 0.717) is 5.41 Å². The van der Waals surface area contributed by atoms with E-state index in [4.69, 9.17) is 0 Å². The summed E-state index contributed by atoms with van der Waals surface area (Å²) in [6.07, 6.45) is 3.47. The van der Waals surface area contributed by atoms with Crippen LogP contribution in [0, 0.1) is 12.3 Å². The summed E-state index contributed by atoms with van der Waals surface area (Å²) in [5, 5.41) is 9.63. The summed E-state index contributed by atoms with van der Waals surface area (Å²) in [4.78, 5) is 2.67. The highest BCUT2D eigenvalue weighted by Crippen LogP contribution is 2.42. The van der Waals surface area contributed by atoms with Crippen LogP contribution in [0.25, 0.3) is 5.76 Å². The van der Waals surface area contributed by atoms with Crippen molar-refractivity contribution in [2.75, 3.05) is 0 Å². The number of aryl methyl sites for hydroxylation is 2. The van der Waals surface area contributed by atoms with Gasteiger partial charge in [-0.15, -0.1) is 11.3 Å². The minimum absolute atomic E-state index is 0.239. The lowest BCUT2D eigenvalue weighted by Crippen LogP contribution is -2.21. The third-order valence-corrected chi connectivity index (χ3v) is 4.45. The molecule has 0 saturated heterocycles. The van der Waals surface area contributed by atoms with Crippen molar-refractivity contribution in [1.29, 1.82) is 0 Å². The van der Waals surface area contributed by atoms with Crippen molar-refractivity contribution >= 4 is 17.1 Å². The molecule has 0 amide bonds. The van der Waals surface area contributed by atoms with E-state index in [9.17, 15) is 5.11 Å². The highest BCUT2D eigenvalue weighted by Gasteiger charge is 2.30. The summed E-state index contributed by atoms with van der Waals surface area (Å²) < 4.78 is 0. The van der Waals surface area contributed by atoms with E-state index in [0.717, 1.165) is 18.4 Å². The van der Waals surface area contributed by atoms with Crippen LogP contribution in [0.1, 0.15) is 41.1 Å². The minimum Gasteiger partial charge on any atom is -0.508 e. The molecule has 82 valence electrons. The summed E-state index contributed by atoms with van der Waals surface area (Å²) in [5.41, 5.74) is 2.73. The molecule has 1 aromatic rings. The molecule has 0 unspecified atom stereocenters. The Morgan fingerprint density at radius 1 is 1.47 bits per heavy atom. The SMILES string of the molecule is C=C(O)c1c(C)sc2c1CC(C)(C)CC2. The number of hydrogen-bond donors (Lipinski definition) is 1. The molecular weight excluding hydrogens is 204 g/mol. The predicted octanol–water partition coefficient (Wildman–Crippen LogP) is 4.10. The van der Waals surface area contributed by atoms with Crippen LogP contribution in [0.5, 0.6) is 0 Å². The smallest absolute Gasteiger partial charge is 0.117 e. The molecule has 1 aliphatic carbocycles. The largest absolute Gasteiger partial charge is 0.508 e. The van der Waals surface area contributed by atoms with E-state index < -0.39 is 0 Å². The van der Waals surface area contributed by atoms with Crippen LogP contribution in [0.15, 0.2) is 6.58 Å². The maximum atomic E-state index is 9.63. The Morgan fingerprint density at radius 3 is 2.73 bits per heavy atom. The van der Waals surface area contributed by atoms with Crippen molar-refractivity contribution in [3.8, 4) is 0 Å². The summed E-state index contributed by atoms with van der Waals surface area (Å²) in [6, 6.07) is 0. The van der Waals surface area contributed by atoms with Gasteiger partial charge in [-0.25, -0.2) is 0 Å². The van der Waals surface area contributed by atoms with E-state index >= 15 is 0 Å². The zero-order chi connectivity index (χ0) is 11.2. The molecule has 0 aliphatic heterocycles. The van der Waals surface area contributed by atoms with Crippen molar-refractivity contribution in [3.63, 3.8) is 0 Å². The average Bonchev–Trinajstić information content (AvgIpc) is 2.38. The lowest BCUT2D eigenvalue weighted by molar-refractivity contribution is 0.317. The zero-order valence-electron chi connectivity index (χ0n) is 9.68. The molecule has 0 spiro atoms. The molecule has 0 bridgehead atoms. The van der Waals surface area contributed by atoms with Crippen molar-refractivity contribution < 1.29 is 5.11 Å². The van der Waals surface area contributed by atoms with Crippen LogP contribution in [-0.2, 0) is 12.8 Å². The number of aliphatic hydroxyl groups excluding tert-OH is 1. The van der Waals surface area contributed by atoms with Crippen LogP contribution in [0.3, 0.4) is 0 Å². The number of thiophene rings is 1. The van der Waals surface area contributed by atoms with Crippen molar-refractivity contribution in [2.45, 2.75) is 40.0 Å². The first-order valence-electron chi connectivity index (χ1n) is 5.40. The van der Waals surface area contributed by atoms with Gasteiger partial charge in [0, 0.05) is 15.3 Å². The Labute approximate surface area is 95.5 Å². The number of aliphatic hydroxyl groups is 1. The third kappa shape index (κ3) is 1.83. The second-order valence-corrected chi connectivity index (χ2v) is 6.53. The third-order valence-electron chi connectivity index (χ3n) is 3.24. The maximum absolute atomic E-state index is 9.63. The lowest BCUT2D eigenvalue weighted by atomic mass is 9.76. The molecule has 1 heterocycles. The van der Waals surface area contributed by atoms with Gasteiger partial charge in [-0.1, -0.05) is 20.4 Å². The Bertz CT molecular complexity index is 412. The summed E-state index contributed by atoms with van der Waals surface area (Å²) in [5.74, 6) is 0.239. The fourth-order valence-electron chi connectivity index (χ4n) is 2.43. The normalized spacial score (nSPS) is 18.6. The quantitative estimate of drug-likeness (QED) is 0.709. The van der Waals surface area contributed by atoms with Crippen molar-refractivity contribution in [1.82, 2.24) is 0 Å².